The molecule has 5 nitrogen and oxygen atoms in total. The Hall–Kier alpha value is -1.43. The van der Waals surface area contributed by atoms with E-state index in [4.69, 9.17) is 5.73 Å². The molecule has 2 rings (SSSR count). The molecule has 0 spiro atoms. The van der Waals surface area contributed by atoms with E-state index in [2.05, 4.69) is 46.4 Å². The lowest BCUT2D eigenvalue weighted by molar-refractivity contribution is -0.120. The van der Waals surface area contributed by atoms with E-state index in [1.807, 2.05) is 6.07 Å². The maximum atomic E-state index is 11.3. The molecule has 116 valence electrons. The number of nitrogens with zero attached hydrogens (tertiary/aromatic N) is 2. The van der Waals surface area contributed by atoms with Crippen molar-refractivity contribution in [3.63, 3.8) is 0 Å². The van der Waals surface area contributed by atoms with Crippen LogP contribution in [0.4, 0.5) is 0 Å². The molecular weight excluding hydrogens is 264 g/mol. The van der Waals surface area contributed by atoms with Crippen molar-refractivity contribution in [2.24, 2.45) is 5.73 Å². The zero-order valence-corrected chi connectivity index (χ0v) is 13.0. The Balaban J connectivity index is 2.03. The minimum absolute atomic E-state index is 0.249. The van der Waals surface area contributed by atoms with Crippen LogP contribution in [0.15, 0.2) is 30.3 Å². The average molecular weight is 290 g/mol. The fourth-order valence-electron chi connectivity index (χ4n) is 2.94. The number of nitrogens with two attached hydrogens (primary N) is 1. The van der Waals surface area contributed by atoms with Gasteiger partial charge in [-0.3, -0.25) is 9.69 Å². The number of hydrogen-bond acceptors (Lipinski definition) is 4. The van der Waals surface area contributed by atoms with Crippen molar-refractivity contribution >= 4 is 5.91 Å². The highest BCUT2D eigenvalue weighted by Crippen LogP contribution is 2.24. The van der Waals surface area contributed by atoms with E-state index in [0.717, 1.165) is 32.6 Å². The second-order valence-corrected chi connectivity index (χ2v) is 5.76. The summed E-state index contributed by atoms with van der Waals surface area (Å²) in [7, 11) is 3.95. The topological polar surface area (TPSA) is 61.6 Å². The van der Waals surface area contributed by atoms with E-state index in [1.54, 1.807) is 7.05 Å². The Kier molecular flexibility index (Phi) is 5.73. The highest BCUT2D eigenvalue weighted by molar-refractivity contribution is 5.79. The minimum atomic E-state index is -0.275. The first-order valence-electron chi connectivity index (χ1n) is 7.56. The average Bonchev–Trinajstić information content (AvgIpc) is 2.49. The SMILES string of the molecule is CNC(CCN1CCN(C)CC1c1ccccc1)C(N)=O. The molecule has 21 heavy (non-hydrogen) atoms. The summed E-state index contributed by atoms with van der Waals surface area (Å²) in [5.41, 5.74) is 6.74. The first-order chi connectivity index (χ1) is 10.1. The smallest absolute Gasteiger partial charge is 0.234 e. The summed E-state index contributed by atoms with van der Waals surface area (Å²) in [5.74, 6) is -0.275. The number of nitrogens with one attached hydrogen (secondary N) is 1. The summed E-state index contributed by atoms with van der Waals surface area (Å²) >= 11 is 0. The van der Waals surface area contributed by atoms with Gasteiger partial charge in [-0.05, 0) is 26.1 Å². The molecule has 1 aliphatic heterocycles. The van der Waals surface area contributed by atoms with E-state index in [0.29, 0.717) is 6.04 Å². The lowest BCUT2D eigenvalue weighted by Crippen LogP contribution is -2.49. The van der Waals surface area contributed by atoms with Crippen LogP contribution in [0.5, 0.6) is 0 Å². The van der Waals surface area contributed by atoms with Gasteiger partial charge >= 0.3 is 0 Å². The molecular formula is C16H26N4O. The summed E-state index contributed by atoms with van der Waals surface area (Å²) in [6.07, 6.45) is 0.749. The standard InChI is InChI=1S/C16H26N4O/c1-18-14(16(17)21)8-9-20-11-10-19(2)12-15(20)13-6-4-3-5-7-13/h3-7,14-15,18H,8-12H2,1-2H3,(H2,17,21). The third kappa shape index (κ3) is 4.27. The second-order valence-electron chi connectivity index (χ2n) is 5.76. The number of amides is 1. The predicted molar refractivity (Wildman–Crippen MR) is 84.9 cm³/mol. The lowest BCUT2D eigenvalue weighted by Gasteiger charge is -2.40. The lowest BCUT2D eigenvalue weighted by atomic mass is 10.0. The van der Waals surface area contributed by atoms with Crippen molar-refractivity contribution in [2.45, 2.75) is 18.5 Å². The summed E-state index contributed by atoms with van der Waals surface area (Å²) in [4.78, 5) is 16.2. The van der Waals surface area contributed by atoms with Crippen molar-refractivity contribution in [2.75, 3.05) is 40.3 Å². The van der Waals surface area contributed by atoms with Crippen LogP contribution in [0, 0.1) is 0 Å². The largest absolute Gasteiger partial charge is 0.368 e. The molecule has 0 saturated carbocycles. The number of likely N-dealkylation sites (N-methyl/N-ethyl adjacent to an activating group) is 2. The molecule has 0 radical (unpaired) electrons. The molecule has 0 bridgehead atoms. The van der Waals surface area contributed by atoms with E-state index in [-0.39, 0.29) is 11.9 Å². The number of carbonyl (C=O) groups is 1. The van der Waals surface area contributed by atoms with Gasteiger partial charge in [0.05, 0.1) is 6.04 Å². The Morgan fingerprint density at radius 3 is 2.71 bits per heavy atom. The summed E-state index contributed by atoms with van der Waals surface area (Å²) in [6, 6.07) is 10.7. The van der Waals surface area contributed by atoms with Crippen molar-refractivity contribution in [1.29, 1.82) is 0 Å². The summed E-state index contributed by atoms with van der Waals surface area (Å²) in [5, 5.41) is 2.99. The Morgan fingerprint density at radius 1 is 1.38 bits per heavy atom. The number of primary amides is 1. The van der Waals surface area contributed by atoms with Crippen LogP contribution < -0.4 is 11.1 Å². The van der Waals surface area contributed by atoms with Gasteiger partial charge in [0.1, 0.15) is 0 Å². The van der Waals surface area contributed by atoms with E-state index >= 15 is 0 Å². The van der Waals surface area contributed by atoms with Crippen molar-refractivity contribution in [3.05, 3.63) is 35.9 Å². The van der Waals surface area contributed by atoms with Gasteiger partial charge in [-0.25, -0.2) is 0 Å². The molecule has 1 amide bonds. The molecule has 5 heteroatoms. The van der Waals surface area contributed by atoms with E-state index < -0.39 is 0 Å². The van der Waals surface area contributed by atoms with Crippen LogP contribution in [-0.2, 0) is 4.79 Å². The highest BCUT2D eigenvalue weighted by Gasteiger charge is 2.27. The second kappa shape index (κ2) is 7.54. The fourth-order valence-corrected chi connectivity index (χ4v) is 2.94. The molecule has 1 fully saturated rings. The van der Waals surface area contributed by atoms with Gasteiger partial charge in [0, 0.05) is 32.2 Å². The molecule has 1 aromatic rings. The van der Waals surface area contributed by atoms with Crippen LogP contribution >= 0.6 is 0 Å². The number of piperazine rings is 1. The first-order valence-corrected chi connectivity index (χ1v) is 7.56. The molecule has 2 unspecified atom stereocenters. The third-order valence-corrected chi connectivity index (χ3v) is 4.28. The Labute approximate surface area is 127 Å². The normalized spacial score (nSPS) is 22.1. The predicted octanol–water partition coefficient (Wildman–Crippen LogP) is 0.439. The van der Waals surface area contributed by atoms with Gasteiger partial charge in [-0.15, -0.1) is 0 Å². The third-order valence-electron chi connectivity index (χ3n) is 4.28. The maximum absolute atomic E-state index is 11.3. The van der Waals surface area contributed by atoms with Crippen molar-refractivity contribution in [1.82, 2.24) is 15.1 Å². The molecule has 3 N–H and O–H groups in total. The van der Waals surface area contributed by atoms with Gasteiger partial charge in [-0.2, -0.15) is 0 Å². The summed E-state index contributed by atoms with van der Waals surface area (Å²) < 4.78 is 0. The van der Waals surface area contributed by atoms with Crippen LogP contribution in [0.2, 0.25) is 0 Å². The molecule has 0 aromatic heterocycles. The number of hydrogen-bond donors (Lipinski definition) is 2. The highest BCUT2D eigenvalue weighted by atomic mass is 16.1. The molecule has 1 aromatic carbocycles. The van der Waals surface area contributed by atoms with Crippen LogP contribution in [0.3, 0.4) is 0 Å². The van der Waals surface area contributed by atoms with Gasteiger partial charge in [0.2, 0.25) is 5.91 Å². The summed E-state index contributed by atoms with van der Waals surface area (Å²) in [6.45, 7) is 3.97. The van der Waals surface area contributed by atoms with E-state index in [9.17, 15) is 4.79 Å². The van der Waals surface area contributed by atoms with Gasteiger partial charge in [0.15, 0.2) is 0 Å². The van der Waals surface area contributed by atoms with Gasteiger partial charge < -0.3 is 16.0 Å². The van der Waals surface area contributed by atoms with Gasteiger partial charge in [-0.1, -0.05) is 30.3 Å². The maximum Gasteiger partial charge on any atom is 0.234 e. The molecule has 1 heterocycles. The zero-order valence-electron chi connectivity index (χ0n) is 13.0. The van der Waals surface area contributed by atoms with E-state index in [1.165, 1.54) is 5.56 Å². The minimum Gasteiger partial charge on any atom is -0.368 e. The zero-order chi connectivity index (χ0) is 15.2. The molecule has 1 saturated heterocycles. The number of rotatable bonds is 6. The molecule has 1 aliphatic rings. The first kappa shape index (κ1) is 15.9. The molecule has 0 aliphatic carbocycles. The Morgan fingerprint density at radius 2 is 2.10 bits per heavy atom. The quantitative estimate of drug-likeness (QED) is 0.798. The number of benzene rings is 1. The Bertz CT molecular complexity index is 451. The van der Waals surface area contributed by atoms with Crippen LogP contribution in [0.25, 0.3) is 0 Å². The van der Waals surface area contributed by atoms with Crippen molar-refractivity contribution < 1.29 is 4.79 Å². The van der Waals surface area contributed by atoms with Gasteiger partial charge in [0.25, 0.3) is 0 Å². The number of carbonyl (C=O) groups excluding carboxylic acids is 1. The monoisotopic (exact) mass is 290 g/mol. The molecule has 2 atom stereocenters. The van der Waals surface area contributed by atoms with Crippen molar-refractivity contribution in [3.8, 4) is 0 Å². The van der Waals surface area contributed by atoms with Crippen LogP contribution in [0.1, 0.15) is 18.0 Å². The fraction of sp³-hybridized carbons (Fsp3) is 0.562. The van der Waals surface area contributed by atoms with Crippen LogP contribution in [-0.4, -0.2) is 62.0 Å².